The summed E-state index contributed by atoms with van der Waals surface area (Å²) >= 11 is 0. The molecule has 0 radical (unpaired) electrons. The summed E-state index contributed by atoms with van der Waals surface area (Å²) < 4.78 is 5.96. The normalized spacial score (nSPS) is 33.6. The molecule has 0 saturated carbocycles. The summed E-state index contributed by atoms with van der Waals surface area (Å²) in [5, 5.41) is 3.50. The molecular weight excluding hydrogens is 186 g/mol. The summed E-state index contributed by atoms with van der Waals surface area (Å²) in [7, 11) is 0. The van der Waals surface area contributed by atoms with Crippen molar-refractivity contribution in [2.24, 2.45) is 0 Å². The van der Waals surface area contributed by atoms with Gasteiger partial charge in [-0.3, -0.25) is 0 Å². The van der Waals surface area contributed by atoms with Crippen molar-refractivity contribution in [2.45, 2.75) is 31.9 Å². The van der Waals surface area contributed by atoms with Gasteiger partial charge >= 0.3 is 0 Å². The highest BCUT2D eigenvalue weighted by atomic mass is 16.5. The van der Waals surface area contributed by atoms with Crippen LogP contribution in [-0.2, 0) is 10.3 Å². The number of benzene rings is 1. The lowest BCUT2D eigenvalue weighted by atomic mass is 9.90. The Morgan fingerprint density at radius 1 is 1.33 bits per heavy atom. The summed E-state index contributed by atoms with van der Waals surface area (Å²) in [6.45, 7) is 6.17. The first-order valence-electron chi connectivity index (χ1n) is 5.65. The third-order valence-electron chi connectivity index (χ3n) is 3.85. The fourth-order valence-electron chi connectivity index (χ4n) is 2.67. The molecule has 2 bridgehead atoms. The number of hydrogen-bond donors (Lipinski definition) is 1. The van der Waals surface area contributed by atoms with E-state index in [2.05, 4.69) is 37.4 Å². The van der Waals surface area contributed by atoms with Gasteiger partial charge in [0.05, 0.1) is 6.61 Å². The predicted molar refractivity (Wildman–Crippen MR) is 60.0 cm³/mol. The molecule has 2 heterocycles. The SMILES string of the molecule is Cc1ccc(C23CNC(CO2)C3)cc1C. The van der Waals surface area contributed by atoms with E-state index in [0.717, 1.165) is 19.6 Å². The van der Waals surface area contributed by atoms with Crippen molar-refractivity contribution in [3.8, 4) is 0 Å². The van der Waals surface area contributed by atoms with Crippen molar-refractivity contribution in [2.75, 3.05) is 13.2 Å². The van der Waals surface area contributed by atoms with Crippen LogP contribution in [0.3, 0.4) is 0 Å². The molecule has 1 aromatic rings. The second kappa shape index (κ2) is 3.06. The molecule has 2 saturated heterocycles. The average molecular weight is 203 g/mol. The van der Waals surface area contributed by atoms with Crippen molar-refractivity contribution in [3.05, 3.63) is 34.9 Å². The zero-order chi connectivity index (χ0) is 10.5. The number of fused-ring (bicyclic) bond motifs is 2. The Labute approximate surface area is 90.6 Å². The number of aryl methyl sites for hydroxylation is 2. The fourth-order valence-corrected chi connectivity index (χ4v) is 2.67. The highest BCUT2D eigenvalue weighted by Crippen LogP contribution is 2.40. The lowest BCUT2D eigenvalue weighted by molar-refractivity contribution is -0.00962. The fraction of sp³-hybridized carbons (Fsp3) is 0.538. The van der Waals surface area contributed by atoms with Gasteiger partial charge in [-0.2, -0.15) is 0 Å². The second-order valence-electron chi connectivity index (χ2n) is 4.89. The van der Waals surface area contributed by atoms with Crippen molar-refractivity contribution >= 4 is 0 Å². The molecule has 15 heavy (non-hydrogen) atoms. The molecule has 2 fully saturated rings. The van der Waals surface area contributed by atoms with Gasteiger partial charge in [-0.1, -0.05) is 18.2 Å². The van der Waals surface area contributed by atoms with Crippen LogP contribution in [0.15, 0.2) is 18.2 Å². The summed E-state index contributed by atoms with van der Waals surface area (Å²) in [5.41, 5.74) is 4.04. The number of rotatable bonds is 1. The number of nitrogens with one attached hydrogen (secondary N) is 1. The maximum atomic E-state index is 5.96. The van der Waals surface area contributed by atoms with Gasteiger partial charge in [0.15, 0.2) is 0 Å². The second-order valence-corrected chi connectivity index (χ2v) is 4.89. The van der Waals surface area contributed by atoms with Gasteiger partial charge in [0.25, 0.3) is 0 Å². The number of morpholine rings is 1. The van der Waals surface area contributed by atoms with Crippen LogP contribution in [0.2, 0.25) is 0 Å². The zero-order valence-electron chi connectivity index (χ0n) is 9.34. The molecule has 1 aromatic carbocycles. The highest BCUT2D eigenvalue weighted by Gasteiger charge is 2.47. The van der Waals surface area contributed by atoms with Crippen LogP contribution in [0.25, 0.3) is 0 Å². The van der Waals surface area contributed by atoms with Crippen molar-refractivity contribution in [3.63, 3.8) is 0 Å². The molecule has 3 rings (SSSR count). The molecule has 2 nitrogen and oxygen atoms in total. The van der Waals surface area contributed by atoms with Crippen LogP contribution in [0.1, 0.15) is 23.1 Å². The lowest BCUT2D eigenvalue weighted by Crippen LogP contribution is -2.37. The Balaban J connectivity index is 2.02. The molecule has 0 amide bonds. The van der Waals surface area contributed by atoms with Crippen LogP contribution in [0.5, 0.6) is 0 Å². The van der Waals surface area contributed by atoms with Gasteiger partial charge in [-0.15, -0.1) is 0 Å². The third kappa shape index (κ3) is 1.32. The Morgan fingerprint density at radius 3 is 2.73 bits per heavy atom. The van der Waals surface area contributed by atoms with Gasteiger partial charge in [-0.25, -0.2) is 0 Å². The zero-order valence-corrected chi connectivity index (χ0v) is 9.34. The Morgan fingerprint density at radius 2 is 2.20 bits per heavy atom. The Kier molecular flexibility index (Phi) is 1.91. The smallest absolute Gasteiger partial charge is 0.107 e. The van der Waals surface area contributed by atoms with Crippen LogP contribution in [-0.4, -0.2) is 19.2 Å². The molecule has 1 N–H and O–H groups in total. The standard InChI is InChI=1S/C13H17NO/c1-9-3-4-11(5-10(9)2)13-6-12(7-15-13)14-8-13/h3-5,12,14H,6-8H2,1-2H3. The van der Waals surface area contributed by atoms with Crippen molar-refractivity contribution in [1.82, 2.24) is 5.32 Å². The third-order valence-corrected chi connectivity index (χ3v) is 3.85. The number of ether oxygens (including phenoxy) is 1. The van der Waals surface area contributed by atoms with E-state index in [1.165, 1.54) is 16.7 Å². The molecule has 0 spiro atoms. The van der Waals surface area contributed by atoms with E-state index in [-0.39, 0.29) is 5.60 Å². The van der Waals surface area contributed by atoms with Crippen LogP contribution in [0.4, 0.5) is 0 Å². The van der Waals surface area contributed by atoms with E-state index in [0.29, 0.717) is 6.04 Å². The molecule has 80 valence electrons. The summed E-state index contributed by atoms with van der Waals surface area (Å²) in [4.78, 5) is 0. The first-order chi connectivity index (χ1) is 7.20. The minimum atomic E-state index is -0.0247. The summed E-state index contributed by atoms with van der Waals surface area (Å²) in [6.07, 6.45) is 1.13. The predicted octanol–water partition coefficient (Wildman–Crippen LogP) is 1.89. The molecule has 2 heteroatoms. The minimum absolute atomic E-state index is 0.0247. The van der Waals surface area contributed by atoms with Gasteiger partial charge in [0.2, 0.25) is 0 Å². The molecule has 0 aromatic heterocycles. The highest BCUT2D eigenvalue weighted by molar-refractivity contribution is 5.35. The monoisotopic (exact) mass is 203 g/mol. The first-order valence-corrected chi connectivity index (χ1v) is 5.65. The Bertz CT molecular complexity index is 392. The van der Waals surface area contributed by atoms with Crippen LogP contribution in [0, 0.1) is 13.8 Å². The van der Waals surface area contributed by atoms with E-state index >= 15 is 0 Å². The van der Waals surface area contributed by atoms with Crippen LogP contribution < -0.4 is 5.32 Å². The van der Waals surface area contributed by atoms with E-state index in [1.807, 2.05) is 0 Å². The first kappa shape index (κ1) is 9.37. The van der Waals surface area contributed by atoms with Crippen LogP contribution >= 0.6 is 0 Å². The van der Waals surface area contributed by atoms with Gasteiger partial charge in [-0.05, 0) is 37.0 Å². The number of hydrogen-bond acceptors (Lipinski definition) is 2. The van der Waals surface area contributed by atoms with E-state index in [1.54, 1.807) is 0 Å². The largest absolute Gasteiger partial charge is 0.367 e. The van der Waals surface area contributed by atoms with E-state index < -0.39 is 0 Å². The van der Waals surface area contributed by atoms with Gasteiger partial charge < -0.3 is 10.1 Å². The molecule has 0 aliphatic carbocycles. The van der Waals surface area contributed by atoms with Crippen molar-refractivity contribution in [1.29, 1.82) is 0 Å². The molecule has 2 aliphatic heterocycles. The lowest BCUT2D eigenvalue weighted by Gasteiger charge is -2.27. The van der Waals surface area contributed by atoms with E-state index in [9.17, 15) is 0 Å². The van der Waals surface area contributed by atoms with Gasteiger partial charge in [0.1, 0.15) is 5.60 Å². The average Bonchev–Trinajstić information content (AvgIpc) is 2.83. The molecule has 2 aliphatic rings. The summed E-state index contributed by atoms with van der Waals surface area (Å²) in [5.74, 6) is 0. The quantitative estimate of drug-likeness (QED) is 0.752. The minimum Gasteiger partial charge on any atom is -0.367 e. The van der Waals surface area contributed by atoms with E-state index in [4.69, 9.17) is 4.74 Å². The maximum Gasteiger partial charge on any atom is 0.107 e. The molecule has 2 unspecified atom stereocenters. The summed E-state index contributed by atoms with van der Waals surface area (Å²) in [6, 6.07) is 7.28. The topological polar surface area (TPSA) is 21.3 Å². The maximum absolute atomic E-state index is 5.96. The molecular formula is C13H17NO. The van der Waals surface area contributed by atoms with Crippen molar-refractivity contribution < 1.29 is 4.74 Å². The molecule has 2 atom stereocenters. The Hall–Kier alpha value is -0.860. The van der Waals surface area contributed by atoms with Gasteiger partial charge in [0, 0.05) is 12.6 Å².